The number of carbonyl (C=O) groups excluding carboxylic acids is 1. The molecular weight excluding hydrogens is 351 g/mol. The molecule has 3 heterocycles. The summed E-state index contributed by atoms with van der Waals surface area (Å²) in [5.74, 6) is 0.252. The monoisotopic (exact) mass is 380 g/mol. The molecule has 0 bridgehead atoms. The number of nitrogens with zero attached hydrogens (tertiary/aromatic N) is 2. The van der Waals surface area contributed by atoms with Gasteiger partial charge in [0.1, 0.15) is 5.60 Å². The molecule has 1 aromatic heterocycles. The highest BCUT2D eigenvalue weighted by Gasteiger charge is 2.53. The van der Waals surface area contributed by atoms with Gasteiger partial charge in [-0.25, -0.2) is 9.78 Å². The molecule has 144 valence electrons. The van der Waals surface area contributed by atoms with Crippen molar-refractivity contribution in [1.82, 2.24) is 9.88 Å². The van der Waals surface area contributed by atoms with Crippen LogP contribution in [-0.4, -0.2) is 53.0 Å². The smallest absolute Gasteiger partial charge is 0.444 e. The predicted octanol–water partition coefficient (Wildman–Crippen LogP) is 3.09. The summed E-state index contributed by atoms with van der Waals surface area (Å²) in [6, 6.07) is 0. The van der Waals surface area contributed by atoms with E-state index in [0.717, 1.165) is 15.5 Å². The summed E-state index contributed by atoms with van der Waals surface area (Å²) in [5, 5.41) is 1.03. The van der Waals surface area contributed by atoms with Crippen molar-refractivity contribution in [1.29, 1.82) is 0 Å². The maximum absolute atomic E-state index is 12.1. The van der Waals surface area contributed by atoms with Crippen molar-refractivity contribution < 1.29 is 18.8 Å². The molecule has 2 saturated heterocycles. The highest BCUT2D eigenvalue weighted by molar-refractivity contribution is 7.22. The van der Waals surface area contributed by atoms with Crippen molar-refractivity contribution in [3.05, 3.63) is 10.7 Å². The van der Waals surface area contributed by atoms with E-state index in [2.05, 4.69) is 27.7 Å². The molecule has 0 N–H and O–H groups in total. The Balaban J connectivity index is 1.65. The number of hydrogen-bond acceptors (Lipinski definition) is 6. The van der Waals surface area contributed by atoms with Crippen molar-refractivity contribution in [2.45, 2.75) is 78.1 Å². The molecule has 2 aliphatic heterocycles. The lowest BCUT2D eigenvalue weighted by atomic mass is 9.86. The second-order valence-electron chi connectivity index (χ2n) is 9.17. The van der Waals surface area contributed by atoms with Gasteiger partial charge in [0.2, 0.25) is 0 Å². The maximum Gasteiger partial charge on any atom is 0.507 e. The van der Waals surface area contributed by atoms with E-state index in [9.17, 15) is 4.79 Å². The number of amides is 1. The van der Waals surface area contributed by atoms with E-state index in [1.165, 1.54) is 0 Å². The molecule has 1 aromatic rings. The molecule has 0 atom stereocenters. The van der Waals surface area contributed by atoms with Gasteiger partial charge in [0.25, 0.3) is 0 Å². The third kappa shape index (κ3) is 3.64. The Kier molecular flexibility index (Phi) is 4.69. The average molecular weight is 380 g/mol. The van der Waals surface area contributed by atoms with Gasteiger partial charge in [0.05, 0.1) is 21.0 Å². The van der Waals surface area contributed by atoms with Crippen LogP contribution in [-0.2, 0) is 14.0 Å². The Hall–Kier alpha value is -1.12. The molecule has 6 nitrogen and oxygen atoms in total. The number of rotatable bonds is 2. The Morgan fingerprint density at radius 3 is 2.27 bits per heavy atom. The SMILES string of the molecule is Cc1nc(C2CN(C(=O)OC(C)(C)C)C2)sc1B1OC(C)(C)C(C)(C)O1. The third-order valence-corrected chi connectivity index (χ3v) is 6.54. The fourth-order valence-corrected chi connectivity index (χ4v) is 3.99. The Morgan fingerprint density at radius 2 is 1.77 bits per heavy atom. The number of aryl methyl sites for hydroxylation is 1. The number of likely N-dealkylation sites (tertiary alicyclic amines) is 1. The first-order valence-electron chi connectivity index (χ1n) is 9.10. The number of carbonyl (C=O) groups is 1. The summed E-state index contributed by atoms with van der Waals surface area (Å²) >= 11 is 1.63. The van der Waals surface area contributed by atoms with Crippen LogP contribution in [0.15, 0.2) is 0 Å². The number of ether oxygens (including phenoxy) is 1. The topological polar surface area (TPSA) is 60.9 Å². The maximum atomic E-state index is 12.1. The number of thiazole rings is 1. The molecule has 0 spiro atoms. The number of hydrogen-bond donors (Lipinski definition) is 0. The van der Waals surface area contributed by atoms with Gasteiger partial charge in [-0.2, -0.15) is 0 Å². The Bertz CT molecular complexity index is 689. The second-order valence-corrected chi connectivity index (χ2v) is 10.2. The van der Waals surface area contributed by atoms with Crippen LogP contribution in [0.25, 0.3) is 0 Å². The van der Waals surface area contributed by atoms with Crippen LogP contribution in [0.2, 0.25) is 0 Å². The zero-order chi connectivity index (χ0) is 19.5. The van der Waals surface area contributed by atoms with Gasteiger partial charge in [-0.1, -0.05) is 0 Å². The predicted molar refractivity (Wildman–Crippen MR) is 103 cm³/mol. The van der Waals surface area contributed by atoms with Gasteiger partial charge in [0, 0.05) is 24.7 Å². The van der Waals surface area contributed by atoms with E-state index in [1.807, 2.05) is 27.7 Å². The van der Waals surface area contributed by atoms with E-state index >= 15 is 0 Å². The van der Waals surface area contributed by atoms with Gasteiger partial charge >= 0.3 is 13.2 Å². The molecule has 1 amide bonds. The zero-order valence-electron chi connectivity index (χ0n) is 17.0. The van der Waals surface area contributed by atoms with E-state index in [0.29, 0.717) is 13.1 Å². The summed E-state index contributed by atoms with van der Waals surface area (Å²) < 4.78 is 18.7. The molecule has 8 heteroatoms. The summed E-state index contributed by atoms with van der Waals surface area (Å²) in [7, 11) is -0.381. The minimum absolute atomic E-state index is 0.252. The highest BCUT2D eigenvalue weighted by atomic mass is 32.1. The molecule has 3 rings (SSSR count). The van der Waals surface area contributed by atoms with E-state index < -0.39 is 5.60 Å². The van der Waals surface area contributed by atoms with Crippen molar-refractivity contribution in [2.75, 3.05) is 13.1 Å². The third-order valence-electron chi connectivity index (χ3n) is 5.20. The zero-order valence-corrected chi connectivity index (χ0v) is 17.8. The lowest BCUT2D eigenvalue weighted by Gasteiger charge is -2.38. The van der Waals surface area contributed by atoms with Crippen molar-refractivity contribution in [3.8, 4) is 0 Å². The van der Waals surface area contributed by atoms with Gasteiger partial charge in [-0.3, -0.25) is 0 Å². The number of aromatic nitrogens is 1. The highest BCUT2D eigenvalue weighted by Crippen LogP contribution is 2.38. The van der Waals surface area contributed by atoms with E-state index in [1.54, 1.807) is 16.2 Å². The van der Waals surface area contributed by atoms with Crippen LogP contribution < -0.4 is 4.78 Å². The van der Waals surface area contributed by atoms with Crippen molar-refractivity contribution in [2.24, 2.45) is 0 Å². The summed E-state index contributed by atoms with van der Waals surface area (Å²) in [4.78, 5) is 18.5. The molecular formula is C18H29BN2O4S. The molecule has 26 heavy (non-hydrogen) atoms. The van der Waals surface area contributed by atoms with E-state index in [4.69, 9.17) is 19.0 Å². The molecule has 0 saturated carbocycles. The van der Waals surface area contributed by atoms with Gasteiger partial charge in [-0.05, 0) is 55.4 Å². The normalized spacial score (nSPS) is 22.5. The molecule has 0 unspecified atom stereocenters. The van der Waals surface area contributed by atoms with Gasteiger partial charge in [-0.15, -0.1) is 11.3 Å². The quantitative estimate of drug-likeness (QED) is 0.738. The Morgan fingerprint density at radius 1 is 1.23 bits per heavy atom. The minimum atomic E-state index is -0.468. The molecule has 0 aliphatic carbocycles. The molecule has 0 radical (unpaired) electrons. The molecule has 2 fully saturated rings. The summed E-state index contributed by atoms with van der Waals surface area (Å²) in [6.07, 6.45) is -0.256. The average Bonchev–Trinajstić information content (AvgIpc) is 2.83. The van der Waals surface area contributed by atoms with Crippen molar-refractivity contribution >= 4 is 29.3 Å². The molecule has 0 aromatic carbocycles. The lowest BCUT2D eigenvalue weighted by molar-refractivity contribution is 0.00578. The fourth-order valence-electron chi connectivity index (χ4n) is 2.88. The van der Waals surface area contributed by atoms with Crippen LogP contribution in [0, 0.1) is 6.92 Å². The standard InChI is InChI=1S/C18H29BN2O4S/c1-11-13(19-24-17(5,6)18(7,8)25-19)26-14(20-11)12-9-21(10-12)15(22)23-16(2,3)4/h12H,9-10H2,1-8H3. The van der Waals surface area contributed by atoms with Crippen LogP contribution in [0.4, 0.5) is 4.79 Å². The van der Waals surface area contributed by atoms with Crippen LogP contribution in [0.1, 0.15) is 65.1 Å². The lowest BCUT2D eigenvalue weighted by Crippen LogP contribution is -2.50. The summed E-state index contributed by atoms with van der Waals surface area (Å²) in [6.45, 7) is 17.1. The summed E-state index contributed by atoms with van der Waals surface area (Å²) in [5.41, 5.74) is -0.250. The minimum Gasteiger partial charge on any atom is -0.444 e. The fraction of sp³-hybridized carbons (Fsp3) is 0.778. The van der Waals surface area contributed by atoms with Crippen LogP contribution in [0.5, 0.6) is 0 Å². The largest absolute Gasteiger partial charge is 0.507 e. The van der Waals surface area contributed by atoms with Crippen LogP contribution in [0.3, 0.4) is 0 Å². The first-order chi connectivity index (χ1) is 11.8. The van der Waals surface area contributed by atoms with Crippen molar-refractivity contribution in [3.63, 3.8) is 0 Å². The first kappa shape index (κ1) is 19.6. The van der Waals surface area contributed by atoms with Crippen LogP contribution >= 0.6 is 11.3 Å². The van der Waals surface area contributed by atoms with Gasteiger partial charge < -0.3 is 18.9 Å². The van der Waals surface area contributed by atoms with Gasteiger partial charge in [0.15, 0.2) is 0 Å². The van der Waals surface area contributed by atoms with E-state index in [-0.39, 0.29) is 30.3 Å². The molecule has 2 aliphatic rings. The Labute approximate surface area is 160 Å². The second kappa shape index (κ2) is 6.21. The first-order valence-corrected chi connectivity index (χ1v) is 9.91.